The van der Waals surface area contributed by atoms with Gasteiger partial charge in [-0.05, 0) is 43.4 Å². The average Bonchev–Trinajstić information content (AvgIpc) is 2.42. The summed E-state index contributed by atoms with van der Waals surface area (Å²) in [6.45, 7) is 0. The smallest absolute Gasteiger partial charge is 0.240 e. The quantitative estimate of drug-likeness (QED) is 0.838. The molecule has 0 atom stereocenters. The van der Waals surface area contributed by atoms with Crippen LogP contribution in [-0.4, -0.2) is 15.5 Å². The summed E-state index contributed by atoms with van der Waals surface area (Å²) in [6.07, 6.45) is 0. The predicted octanol–water partition coefficient (Wildman–Crippen LogP) is 1.97. The maximum Gasteiger partial charge on any atom is 0.240 e. The maximum atomic E-state index is 11.6. The van der Waals surface area contributed by atoms with Crippen LogP contribution >= 0.6 is 0 Å². The third-order valence-electron chi connectivity index (χ3n) is 2.55. The topological polar surface area (TPSA) is 81.4 Å². The predicted molar refractivity (Wildman–Crippen MR) is 73.6 cm³/mol. The highest BCUT2D eigenvalue weighted by atomic mass is 32.2. The Morgan fingerprint density at radius 2 is 1.68 bits per heavy atom. The molecule has 5 nitrogen and oxygen atoms in total. The second-order valence-electron chi connectivity index (χ2n) is 3.82. The van der Waals surface area contributed by atoms with Gasteiger partial charge >= 0.3 is 0 Å². The molecule has 0 heterocycles. The number of anilines is 1. The van der Waals surface area contributed by atoms with Gasteiger partial charge in [-0.3, -0.25) is 0 Å². The van der Waals surface area contributed by atoms with E-state index < -0.39 is 10.0 Å². The minimum atomic E-state index is -3.43. The van der Waals surface area contributed by atoms with Crippen molar-refractivity contribution in [3.8, 4) is 11.5 Å². The summed E-state index contributed by atoms with van der Waals surface area (Å²) in [5, 5.41) is 0. The molecule has 0 bridgehead atoms. The molecule has 0 saturated carbocycles. The Balaban J connectivity index is 2.23. The molecule has 0 fully saturated rings. The molecule has 0 amide bonds. The van der Waals surface area contributed by atoms with Gasteiger partial charge in [0.1, 0.15) is 11.5 Å². The Morgan fingerprint density at radius 3 is 2.26 bits per heavy atom. The minimum Gasteiger partial charge on any atom is -0.455 e. The number of nitrogens with two attached hydrogens (primary N) is 1. The van der Waals surface area contributed by atoms with Gasteiger partial charge in [-0.15, -0.1) is 0 Å². The van der Waals surface area contributed by atoms with E-state index in [4.69, 9.17) is 10.5 Å². The molecule has 2 aromatic carbocycles. The van der Waals surface area contributed by atoms with Crippen LogP contribution in [0.5, 0.6) is 11.5 Å². The number of nitrogens with one attached hydrogen (secondary N) is 1. The van der Waals surface area contributed by atoms with E-state index in [0.29, 0.717) is 17.2 Å². The number of nitrogen functional groups attached to an aromatic ring is 1. The third-order valence-corrected chi connectivity index (χ3v) is 3.98. The number of hydrogen-bond acceptors (Lipinski definition) is 4. The van der Waals surface area contributed by atoms with Crippen molar-refractivity contribution in [2.24, 2.45) is 0 Å². The first kappa shape index (κ1) is 13.4. The third kappa shape index (κ3) is 3.04. The van der Waals surface area contributed by atoms with Crippen LogP contribution in [0, 0.1) is 0 Å². The van der Waals surface area contributed by atoms with Crippen LogP contribution in [-0.2, 0) is 10.0 Å². The minimum absolute atomic E-state index is 0.184. The highest BCUT2D eigenvalue weighted by Crippen LogP contribution is 2.27. The Labute approximate surface area is 112 Å². The van der Waals surface area contributed by atoms with Crippen molar-refractivity contribution in [1.29, 1.82) is 0 Å². The first-order valence-electron chi connectivity index (χ1n) is 5.59. The lowest BCUT2D eigenvalue weighted by molar-refractivity contribution is 0.484. The zero-order chi connectivity index (χ0) is 13.9. The highest BCUT2D eigenvalue weighted by molar-refractivity contribution is 7.89. The Kier molecular flexibility index (Phi) is 3.73. The fourth-order valence-electron chi connectivity index (χ4n) is 1.51. The fraction of sp³-hybridized carbons (Fsp3) is 0.0769. The van der Waals surface area contributed by atoms with Crippen molar-refractivity contribution >= 4 is 15.7 Å². The second-order valence-corrected chi connectivity index (χ2v) is 5.71. The van der Waals surface area contributed by atoms with Gasteiger partial charge in [0.05, 0.1) is 10.6 Å². The number of para-hydroxylation sites is 2. The fourth-order valence-corrected chi connectivity index (χ4v) is 2.24. The molecule has 0 radical (unpaired) electrons. The zero-order valence-corrected chi connectivity index (χ0v) is 11.1. The Bertz CT molecular complexity index is 667. The SMILES string of the molecule is CNS(=O)(=O)c1ccc(Oc2ccccc2N)cc1. The monoisotopic (exact) mass is 278 g/mol. The van der Waals surface area contributed by atoms with E-state index in [0.717, 1.165) is 0 Å². The lowest BCUT2D eigenvalue weighted by atomic mass is 10.3. The molecule has 2 aromatic rings. The van der Waals surface area contributed by atoms with E-state index in [1.165, 1.54) is 19.2 Å². The molecule has 0 saturated heterocycles. The summed E-state index contributed by atoms with van der Waals surface area (Å²) in [7, 11) is -2.06. The van der Waals surface area contributed by atoms with Crippen molar-refractivity contribution in [1.82, 2.24) is 4.72 Å². The molecule has 0 spiro atoms. The van der Waals surface area contributed by atoms with E-state index in [1.807, 2.05) is 12.1 Å². The number of rotatable bonds is 4. The van der Waals surface area contributed by atoms with Crippen LogP contribution in [0.3, 0.4) is 0 Å². The lowest BCUT2D eigenvalue weighted by Gasteiger charge is -2.08. The van der Waals surface area contributed by atoms with E-state index in [9.17, 15) is 8.42 Å². The molecule has 3 N–H and O–H groups in total. The highest BCUT2D eigenvalue weighted by Gasteiger charge is 2.11. The molecular weight excluding hydrogens is 264 g/mol. The van der Waals surface area contributed by atoms with Crippen LogP contribution in [0.25, 0.3) is 0 Å². The van der Waals surface area contributed by atoms with Gasteiger partial charge in [-0.2, -0.15) is 0 Å². The van der Waals surface area contributed by atoms with Crippen LogP contribution in [0.15, 0.2) is 53.4 Å². The molecular formula is C13H14N2O3S. The average molecular weight is 278 g/mol. The summed E-state index contributed by atoms with van der Waals surface area (Å²) < 4.78 is 30.9. The molecule has 0 aliphatic heterocycles. The van der Waals surface area contributed by atoms with Crippen molar-refractivity contribution in [2.45, 2.75) is 4.90 Å². The van der Waals surface area contributed by atoms with Crippen molar-refractivity contribution in [3.63, 3.8) is 0 Å². The van der Waals surface area contributed by atoms with Gasteiger partial charge in [0.15, 0.2) is 0 Å². The van der Waals surface area contributed by atoms with Gasteiger partial charge in [0.2, 0.25) is 10.0 Å². The van der Waals surface area contributed by atoms with Gasteiger partial charge < -0.3 is 10.5 Å². The summed E-state index contributed by atoms with van der Waals surface area (Å²) in [6, 6.07) is 13.2. The number of sulfonamides is 1. The van der Waals surface area contributed by atoms with E-state index >= 15 is 0 Å². The summed E-state index contributed by atoms with van der Waals surface area (Å²) >= 11 is 0. The molecule has 19 heavy (non-hydrogen) atoms. The van der Waals surface area contributed by atoms with E-state index in [2.05, 4.69) is 4.72 Å². The Hall–Kier alpha value is -2.05. The molecule has 100 valence electrons. The first-order valence-corrected chi connectivity index (χ1v) is 7.07. The lowest BCUT2D eigenvalue weighted by Crippen LogP contribution is -2.18. The van der Waals surface area contributed by atoms with Gasteiger partial charge in [0.25, 0.3) is 0 Å². The number of hydrogen-bond donors (Lipinski definition) is 2. The van der Waals surface area contributed by atoms with Crippen molar-refractivity contribution in [2.75, 3.05) is 12.8 Å². The Morgan fingerprint density at radius 1 is 1.05 bits per heavy atom. The van der Waals surface area contributed by atoms with Crippen LogP contribution in [0.4, 0.5) is 5.69 Å². The van der Waals surface area contributed by atoms with Gasteiger partial charge in [0, 0.05) is 0 Å². The largest absolute Gasteiger partial charge is 0.455 e. The van der Waals surface area contributed by atoms with E-state index in [1.54, 1.807) is 24.3 Å². The second kappa shape index (κ2) is 5.29. The van der Waals surface area contributed by atoms with Crippen molar-refractivity contribution < 1.29 is 13.2 Å². The molecule has 0 aromatic heterocycles. The van der Waals surface area contributed by atoms with Crippen LogP contribution in [0.1, 0.15) is 0 Å². The first-order chi connectivity index (χ1) is 9.03. The molecule has 0 aliphatic rings. The molecule has 0 unspecified atom stereocenters. The number of ether oxygens (including phenoxy) is 1. The normalized spacial score (nSPS) is 11.2. The molecule has 0 aliphatic carbocycles. The number of benzene rings is 2. The van der Waals surface area contributed by atoms with Crippen LogP contribution < -0.4 is 15.2 Å². The van der Waals surface area contributed by atoms with Crippen LogP contribution in [0.2, 0.25) is 0 Å². The molecule has 6 heteroatoms. The standard InChI is InChI=1S/C13H14N2O3S/c1-15-19(16,17)11-8-6-10(7-9-11)18-13-5-3-2-4-12(13)14/h2-9,15H,14H2,1H3. The summed E-state index contributed by atoms with van der Waals surface area (Å²) in [4.78, 5) is 0.184. The van der Waals surface area contributed by atoms with Crippen molar-refractivity contribution in [3.05, 3.63) is 48.5 Å². The zero-order valence-electron chi connectivity index (χ0n) is 10.3. The maximum absolute atomic E-state index is 11.6. The summed E-state index contributed by atoms with van der Waals surface area (Å²) in [5.41, 5.74) is 6.28. The summed E-state index contributed by atoms with van der Waals surface area (Å²) in [5.74, 6) is 1.06. The van der Waals surface area contributed by atoms with Gasteiger partial charge in [-0.25, -0.2) is 13.1 Å². The molecule has 2 rings (SSSR count). The van der Waals surface area contributed by atoms with Gasteiger partial charge in [-0.1, -0.05) is 12.1 Å². The van der Waals surface area contributed by atoms with E-state index in [-0.39, 0.29) is 4.90 Å².